The van der Waals surface area contributed by atoms with Gasteiger partial charge in [0.25, 0.3) is 5.91 Å². The number of hydrogen-bond donors (Lipinski definition) is 3. The van der Waals surface area contributed by atoms with Crippen molar-refractivity contribution in [2.24, 2.45) is 11.5 Å². The molecule has 0 bridgehead atoms. The van der Waals surface area contributed by atoms with Gasteiger partial charge in [0.1, 0.15) is 0 Å². The first-order valence-electron chi connectivity index (χ1n) is 8.69. The maximum atomic E-state index is 11.7. The molecule has 0 aromatic rings. The van der Waals surface area contributed by atoms with Crippen molar-refractivity contribution < 1.29 is 19.2 Å². The lowest BCUT2D eigenvalue weighted by molar-refractivity contribution is -0.199. The fourth-order valence-electron chi connectivity index (χ4n) is 2.46. The van der Waals surface area contributed by atoms with Gasteiger partial charge in [-0.25, -0.2) is 4.79 Å². The van der Waals surface area contributed by atoms with Gasteiger partial charge in [0.05, 0.1) is 6.04 Å². The molecule has 1 unspecified atom stereocenters. The summed E-state index contributed by atoms with van der Waals surface area (Å²) in [5, 5.41) is 3.96. The third kappa shape index (κ3) is 7.74. The fourth-order valence-corrected chi connectivity index (χ4v) is 2.46. The predicted molar refractivity (Wildman–Crippen MR) is 89.4 cm³/mol. The molecule has 0 aromatic heterocycles. The largest absolute Gasteiger partial charge is 0.356 e. The van der Waals surface area contributed by atoms with Crippen LogP contribution in [-0.2, 0) is 19.2 Å². The van der Waals surface area contributed by atoms with Crippen LogP contribution in [0.25, 0.3) is 0 Å². The first-order valence-corrected chi connectivity index (χ1v) is 8.69. The van der Waals surface area contributed by atoms with Crippen LogP contribution in [0.3, 0.4) is 0 Å². The van der Waals surface area contributed by atoms with Crippen molar-refractivity contribution in [3.63, 3.8) is 0 Å². The molecule has 1 saturated heterocycles. The maximum absolute atomic E-state index is 11.7. The van der Waals surface area contributed by atoms with Crippen molar-refractivity contribution in [1.29, 1.82) is 0 Å². The minimum absolute atomic E-state index is 0.0249. The Hall–Kier alpha value is -1.67. The van der Waals surface area contributed by atoms with Crippen LogP contribution in [0.2, 0.25) is 0 Å². The molecule has 0 aromatic carbocycles. The van der Waals surface area contributed by atoms with Crippen LogP contribution in [0.5, 0.6) is 0 Å². The zero-order chi connectivity index (χ0) is 17.9. The third-order valence-electron chi connectivity index (χ3n) is 4.03. The Morgan fingerprint density at radius 2 is 2.08 bits per heavy atom. The molecule has 0 saturated carbocycles. The van der Waals surface area contributed by atoms with Crippen molar-refractivity contribution in [3.05, 3.63) is 0 Å². The summed E-state index contributed by atoms with van der Waals surface area (Å²) in [6, 6.07) is -0.0472. The molecular formula is C16H30N4O4. The molecule has 1 rings (SSSR count). The number of unbranched alkanes of at least 4 members (excludes halogenated alkanes) is 1. The molecule has 0 aliphatic carbocycles. The number of rotatable bonds is 11. The minimum Gasteiger partial charge on any atom is -0.356 e. The topological polar surface area (TPSA) is 128 Å². The van der Waals surface area contributed by atoms with E-state index in [1.54, 1.807) is 0 Å². The van der Waals surface area contributed by atoms with Crippen molar-refractivity contribution in [2.45, 2.75) is 70.4 Å². The Morgan fingerprint density at radius 3 is 2.71 bits per heavy atom. The molecule has 1 aliphatic rings. The zero-order valence-electron chi connectivity index (χ0n) is 14.5. The second kappa shape index (κ2) is 11.0. The van der Waals surface area contributed by atoms with Crippen molar-refractivity contribution in [2.75, 3.05) is 13.1 Å². The lowest BCUT2D eigenvalue weighted by Crippen LogP contribution is -2.33. The third-order valence-corrected chi connectivity index (χ3v) is 4.03. The average Bonchev–Trinajstić information content (AvgIpc) is 2.86. The molecular weight excluding hydrogens is 312 g/mol. The molecule has 2 amide bonds. The smallest absolute Gasteiger partial charge is 0.332 e. The molecule has 8 heteroatoms. The lowest BCUT2D eigenvalue weighted by atomic mass is 10.1. The quantitative estimate of drug-likeness (QED) is 0.460. The van der Waals surface area contributed by atoms with Gasteiger partial charge in [0.2, 0.25) is 5.91 Å². The van der Waals surface area contributed by atoms with E-state index in [1.165, 1.54) is 0 Å². The minimum atomic E-state index is -0.472. The van der Waals surface area contributed by atoms with Gasteiger partial charge in [-0.3, -0.25) is 9.59 Å². The van der Waals surface area contributed by atoms with Crippen LogP contribution in [0.15, 0.2) is 0 Å². The van der Waals surface area contributed by atoms with E-state index in [0.29, 0.717) is 32.4 Å². The summed E-state index contributed by atoms with van der Waals surface area (Å²) in [6.07, 6.45) is 4.53. The fraction of sp³-hybridized carbons (Fsp3) is 0.812. The predicted octanol–water partition coefficient (Wildman–Crippen LogP) is 0.198. The highest BCUT2D eigenvalue weighted by atomic mass is 16.7. The summed E-state index contributed by atoms with van der Waals surface area (Å²) in [5.41, 5.74) is 11.1. The van der Waals surface area contributed by atoms with Crippen LogP contribution in [0, 0.1) is 0 Å². The summed E-state index contributed by atoms with van der Waals surface area (Å²) in [6.45, 7) is 2.91. The SMILES string of the molecule is CC1CCC(=O)N1OC(=O)CCCC(=O)NCCCC[C@H](N)CN. The Morgan fingerprint density at radius 1 is 1.33 bits per heavy atom. The lowest BCUT2D eigenvalue weighted by Gasteiger charge is -2.19. The van der Waals surface area contributed by atoms with Gasteiger partial charge in [0, 0.05) is 38.4 Å². The summed E-state index contributed by atoms with van der Waals surface area (Å²) in [5.74, 6) is -0.722. The molecule has 1 aliphatic heterocycles. The number of amides is 2. The average molecular weight is 342 g/mol. The first kappa shape index (κ1) is 20.4. The van der Waals surface area contributed by atoms with Gasteiger partial charge in [-0.1, -0.05) is 6.42 Å². The number of hydrogen-bond acceptors (Lipinski definition) is 6. The zero-order valence-corrected chi connectivity index (χ0v) is 14.5. The monoisotopic (exact) mass is 342 g/mol. The number of nitrogens with two attached hydrogens (primary N) is 2. The van der Waals surface area contributed by atoms with E-state index in [4.69, 9.17) is 16.3 Å². The molecule has 5 N–H and O–H groups in total. The first-order chi connectivity index (χ1) is 11.4. The molecule has 1 heterocycles. The Kier molecular flexibility index (Phi) is 9.33. The maximum Gasteiger partial charge on any atom is 0.332 e. The van der Waals surface area contributed by atoms with Gasteiger partial charge < -0.3 is 21.6 Å². The van der Waals surface area contributed by atoms with Crippen LogP contribution in [0.4, 0.5) is 0 Å². The van der Waals surface area contributed by atoms with Crippen molar-refractivity contribution in [1.82, 2.24) is 10.4 Å². The van der Waals surface area contributed by atoms with E-state index < -0.39 is 5.97 Å². The molecule has 8 nitrogen and oxygen atoms in total. The highest BCUT2D eigenvalue weighted by Crippen LogP contribution is 2.18. The highest BCUT2D eigenvalue weighted by Gasteiger charge is 2.30. The number of carbonyl (C=O) groups is 3. The van der Waals surface area contributed by atoms with E-state index in [1.807, 2.05) is 6.92 Å². The van der Waals surface area contributed by atoms with Gasteiger partial charge in [-0.15, -0.1) is 0 Å². The van der Waals surface area contributed by atoms with E-state index >= 15 is 0 Å². The number of nitrogens with zero attached hydrogens (tertiary/aromatic N) is 1. The molecule has 0 radical (unpaired) electrons. The van der Waals surface area contributed by atoms with Crippen LogP contribution < -0.4 is 16.8 Å². The van der Waals surface area contributed by atoms with E-state index in [0.717, 1.165) is 24.3 Å². The van der Waals surface area contributed by atoms with Crippen molar-refractivity contribution in [3.8, 4) is 0 Å². The molecule has 1 fully saturated rings. The van der Waals surface area contributed by atoms with E-state index in [2.05, 4.69) is 5.32 Å². The Balaban J connectivity index is 2.04. The van der Waals surface area contributed by atoms with Crippen LogP contribution in [0.1, 0.15) is 58.3 Å². The summed E-state index contributed by atoms with van der Waals surface area (Å²) >= 11 is 0. The van der Waals surface area contributed by atoms with Gasteiger partial charge in [-0.2, -0.15) is 5.06 Å². The van der Waals surface area contributed by atoms with Crippen LogP contribution >= 0.6 is 0 Å². The number of nitrogens with one attached hydrogen (secondary N) is 1. The highest BCUT2D eigenvalue weighted by molar-refractivity contribution is 5.80. The van der Waals surface area contributed by atoms with Gasteiger partial charge in [0.15, 0.2) is 0 Å². The van der Waals surface area contributed by atoms with E-state index in [9.17, 15) is 14.4 Å². The number of carbonyl (C=O) groups excluding carboxylic acids is 3. The second-order valence-corrected chi connectivity index (χ2v) is 6.27. The molecule has 0 spiro atoms. The Labute approximate surface area is 143 Å². The summed E-state index contributed by atoms with van der Waals surface area (Å²) in [7, 11) is 0. The Bertz CT molecular complexity index is 430. The summed E-state index contributed by atoms with van der Waals surface area (Å²) < 4.78 is 0. The number of hydroxylamine groups is 2. The molecule has 24 heavy (non-hydrogen) atoms. The summed E-state index contributed by atoms with van der Waals surface area (Å²) in [4.78, 5) is 39.9. The molecule has 2 atom stereocenters. The second-order valence-electron chi connectivity index (χ2n) is 6.27. The van der Waals surface area contributed by atoms with Crippen LogP contribution in [-0.4, -0.2) is 48.0 Å². The van der Waals surface area contributed by atoms with E-state index in [-0.39, 0.29) is 36.7 Å². The van der Waals surface area contributed by atoms with Gasteiger partial charge in [-0.05, 0) is 32.6 Å². The standard InChI is InChI=1S/C16H30N4O4/c1-12-8-9-15(22)20(12)24-16(23)7-4-6-14(21)19-10-3-2-5-13(18)11-17/h12-13H,2-11,17-18H2,1H3,(H,19,21)/t12?,13-/m0/s1. The normalized spacial score (nSPS) is 18.5. The van der Waals surface area contributed by atoms with Gasteiger partial charge >= 0.3 is 5.97 Å². The molecule has 138 valence electrons. The van der Waals surface area contributed by atoms with Crippen molar-refractivity contribution >= 4 is 17.8 Å².